The van der Waals surface area contributed by atoms with Gasteiger partial charge in [-0.2, -0.15) is 0 Å². The number of fused-ring (bicyclic) bond motifs is 3. The molecule has 0 aromatic carbocycles. The van der Waals surface area contributed by atoms with Crippen LogP contribution in [0.5, 0.6) is 0 Å². The number of nitrogens with one attached hydrogen (secondary N) is 1. The molecule has 20 heavy (non-hydrogen) atoms. The fourth-order valence-corrected chi connectivity index (χ4v) is 3.32. The monoisotopic (exact) mass is 269 g/mol. The topological polar surface area (TPSA) is 59.4 Å². The van der Waals surface area contributed by atoms with Crippen LogP contribution in [-0.4, -0.2) is 25.0 Å². The van der Waals surface area contributed by atoms with Gasteiger partial charge in [0.2, 0.25) is 0 Å². The van der Waals surface area contributed by atoms with Gasteiger partial charge in [-0.1, -0.05) is 19.1 Å². The lowest BCUT2D eigenvalue weighted by molar-refractivity contribution is 0.187. The van der Waals surface area contributed by atoms with Crippen LogP contribution in [0.1, 0.15) is 45.6 Å². The molecule has 1 fully saturated rings. The van der Waals surface area contributed by atoms with Crippen molar-refractivity contribution in [3.63, 3.8) is 0 Å². The third kappa shape index (κ3) is 1.72. The SMILES string of the molecule is CC1(C)CCC(n2nnc3cnc4[nH]ccc4c32)CC1. The first-order chi connectivity index (χ1) is 9.64. The van der Waals surface area contributed by atoms with E-state index in [0.717, 1.165) is 22.1 Å². The summed E-state index contributed by atoms with van der Waals surface area (Å²) < 4.78 is 2.13. The number of aromatic amines is 1. The van der Waals surface area contributed by atoms with Gasteiger partial charge in [-0.25, -0.2) is 9.67 Å². The Morgan fingerprint density at radius 2 is 2.10 bits per heavy atom. The van der Waals surface area contributed by atoms with Crippen molar-refractivity contribution < 1.29 is 0 Å². The number of pyridine rings is 1. The van der Waals surface area contributed by atoms with Crippen LogP contribution in [0.4, 0.5) is 0 Å². The van der Waals surface area contributed by atoms with Crippen molar-refractivity contribution in [2.24, 2.45) is 5.41 Å². The Morgan fingerprint density at radius 3 is 2.90 bits per heavy atom. The van der Waals surface area contributed by atoms with Crippen molar-refractivity contribution in [1.29, 1.82) is 0 Å². The maximum absolute atomic E-state index is 4.41. The zero-order chi connectivity index (χ0) is 13.7. The molecule has 0 spiro atoms. The molecule has 3 aromatic rings. The molecule has 0 saturated heterocycles. The van der Waals surface area contributed by atoms with Crippen LogP contribution in [0.25, 0.3) is 22.1 Å². The highest BCUT2D eigenvalue weighted by Crippen LogP contribution is 2.41. The van der Waals surface area contributed by atoms with E-state index in [1.165, 1.54) is 25.7 Å². The molecular weight excluding hydrogens is 250 g/mol. The Hall–Kier alpha value is -1.91. The summed E-state index contributed by atoms with van der Waals surface area (Å²) in [6.45, 7) is 4.72. The molecule has 4 rings (SSSR count). The van der Waals surface area contributed by atoms with E-state index in [-0.39, 0.29) is 0 Å². The lowest BCUT2D eigenvalue weighted by atomic mass is 9.75. The van der Waals surface area contributed by atoms with Crippen molar-refractivity contribution in [2.75, 3.05) is 0 Å². The number of aromatic nitrogens is 5. The van der Waals surface area contributed by atoms with Crippen LogP contribution in [0.15, 0.2) is 18.5 Å². The number of H-pyrrole nitrogens is 1. The molecule has 0 bridgehead atoms. The zero-order valence-corrected chi connectivity index (χ0v) is 11.9. The van der Waals surface area contributed by atoms with Gasteiger partial charge in [0.15, 0.2) is 0 Å². The van der Waals surface area contributed by atoms with Crippen LogP contribution in [0.3, 0.4) is 0 Å². The van der Waals surface area contributed by atoms with Crippen molar-refractivity contribution in [3.05, 3.63) is 18.5 Å². The molecule has 0 amide bonds. The van der Waals surface area contributed by atoms with E-state index in [1.807, 2.05) is 12.4 Å². The molecule has 0 atom stereocenters. The van der Waals surface area contributed by atoms with Crippen LogP contribution >= 0.6 is 0 Å². The van der Waals surface area contributed by atoms with Crippen molar-refractivity contribution in [1.82, 2.24) is 25.0 Å². The first kappa shape index (κ1) is 11.9. The van der Waals surface area contributed by atoms with Crippen molar-refractivity contribution in [3.8, 4) is 0 Å². The Labute approximate surface area is 117 Å². The molecule has 1 aliphatic carbocycles. The Morgan fingerprint density at radius 1 is 1.30 bits per heavy atom. The minimum Gasteiger partial charge on any atom is -0.346 e. The smallest absolute Gasteiger partial charge is 0.139 e. The Balaban J connectivity index is 1.82. The van der Waals surface area contributed by atoms with Crippen LogP contribution < -0.4 is 0 Å². The van der Waals surface area contributed by atoms with Gasteiger partial charge in [0.1, 0.15) is 16.7 Å². The van der Waals surface area contributed by atoms with Gasteiger partial charge < -0.3 is 4.98 Å². The lowest BCUT2D eigenvalue weighted by Gasteiger charge is -2.34. The molecule has 1 aliphatic rings. The highest BCUT2D eigenvalue weighted by atomic mass is 15.4. The van der Waals surface area contributed by atoms with Gasteiger partial charge >= 0.3 is 0 Å². The number of rotatable bonds is 1. The predicted molar refractivity (Wildman–Crippen MR) is 78.5 cm³/mol. The fourth-order valence-electron chi connectivity index (χ4n) is 3.32. The third-order valence-electron chi connectivity index (χ3n) is 4.67. The van der Waals surface area contributed by atoms with E-state index in [1.54, 1.807) is 0 Å². The van der Waals surface area contributed by atoms with E-state index in [0.29, 0.717) is 11.5 Å². The Bertz CT molecular complexity index is 757. The highest BCUT2D eigenvalue weighted by molar-refractivity contribution is 6.00. The first-order valence-corrected chi connectivity index (χ1v) is 7.31. The van der Waals surface area contributed by atoms with Crippen LogP contribution in [0, 0.1) is 5.41 Å². The van der Waals surface area contributed by atoms with Crippen LogP contribution in [-0.2, 0) is 0 Å². The van der Waals surface area contributed by atoms with Gasteiger partial charge in [-0.15, -0.1) is 5.10 Å². The average Bonchev–Trinajstić information content (AvgIpc) is 3.03. The molecule has 3 aromatic heterocycles. The summed E-state index contributed by atoms with van der Waals surface area (Å²) >= 11 is 0. The molecular formula is C15H19N5. The molecule has 104 valence electrons. The fraction of sp³-hybridized carbons (Fsp3) is 0.533. The second kappa shape index (κ2) is 4.04. The van der Waals surface area contributed by atoms with Gasteiger partial charge in [-0.05, 0) is 37.2 Å². The summed E-state index contributed by atoms with van der Waals surface area (Å²) in [5.41, 5.74) is 3.40. The number of hydrogen-bond donors (Lipinski definition) is 1. The van der Waals surface area contributed by atoms with Crippen LogP contribution in [0.2, 0.25) is 0 Å². The number of nitrogens with zero attached hydrogens (tertiary/aromatic N) is 4. The van der Waals surface area contributed by atoms with Gasteiger partial charge in [0, 0.05) is 11.6 Å². The predicted octanol–water partition coefficient (Wildman–Crippen LogP) is 3.45. The quantitative estimate of drug-likeness (QED) is 0.736. The minimum absolute atomic E-state index is 0.466. The first-order valence-electron chi connectivity index (χ1n) is 7.31. The zero-order valence-electron chi connectivity index (χ0n) is 11.9. The van der Waals surface area contributed by atoms with Gasteiger partial charge in [0.05, 0.1) is 12.2 Å². The molecule has 0 unspecified atom stereocenters. The van der Waals surface area contributed by atoms with E-state index >= 15 is 0 Å². The minimum atomic E-state index is 0.466. The largest absolute Gasteiger partial charge is 0.346 e. The second-order valence-electron chi connectivity index (χ2n) is 6.66. The summed E-state index contributed by atoms with van der Waals surface area (Å²) in [6, 6.07) is 2.53. The lowest BCUT2D eigenvalue weighted by Crippen LogP contribution is -2.24. The summed E-state index contributed by atoms with van der Waals surface area (Å²) in [5, 5.41) is 9.83. The van der Waals surface area contributed by atoms with Gasteiger partial charge in [-0.3, -0.25) is 0 Å². The molecule has 5 nitrogen and oxygen atoms in total. The van der Waals surface area contributed by atoms with E-state index < -0.39 is 0 Å². The highest BCUT2D eigenvalue weighted by Gasteiger charge is 2.29. The molecule has 1 N–H and O–H groups in total. The molecule has 3 heterocycles. The molecule has 0 aliphatic heterocycles. The average molecular weight is 269 g/mol. The maximum atomic E-state index is 4.41. The van der Waals surface area contributed by atoms with Crippen molar-refractivity contribution in [2.45, 2.75) is 45.6 Å². The van der Waals surface area contributed by atoms with Crippen molar-refractivity contribution >= 4 is 22.1 Å². The summed E-state index contributed by atoms with van der Waals surface area (Å²) in [5.74, 6) is 0. The molecule has 5 heteroatoms. The Kier molecular flexibility index (Phi) is 2.40. The van der Waals surface area contributed by atoms with E-state index in [9.17, 15) is 0 Å². The summed E-state index contributed by atoms with van der Waals surface area (Å²) in [7, 11) is 0. The normalized spacial score (nSPS) is 19.9. The van der Waals surface area contributed by atoms with E-state index in [2.05, 4.69) is 44.9 Å². The second-order valence-corrected chi connectivity index (χ2v) is 6.66. The third-order valence-corrected chi connectivity index (χ3v) is 4.67. The number of hydrogen-bond acceptors (Lipinski definition) is 3. The summed E-state index contributed by atoms with van der Waals surface area (Å²) in [6.07, 6.45) is 8.60. The maximum Gasteiger partial charge on any atom is 0.139 e. The molecule has 0 radical (unpaired) electrons. The standard InChI is InChI=1S/C15H19N5/c1-15(2)6-3-10(4-7-15)20-13-11-5-8-16-14(11)17-9-12(13)18-19-20/h5,8-10H,3-4,6-7H2,1-2H3,(H,16,17). The molecule has 1 saturated carbocycles. The van der Waals surface area contributed by atoms with Gasteiger partial charge in [0.25, 0.3) is 0 Å². The summed E-state index contributed by atoms with van der Waals surface area (Å²) in [4.78, 5) is 7.54. The van der Waals surface area contributed by atoms with E-state index in [4.69, 9.17) is 0 Å².